The molecule has 0 fully saturated rings. The molecule has 5 rings (SSSR count). The summed E-state index contributed by atoms with van der Waals surface area (Å²) in [5, 5.41) is 2.94. The van der Waals surface area contributed by atoms with Gasteiger partial charge in [-0.25, -0.2) is 8.42 Å². The number of furan rings is 1. The third kappa shape index (κ3) is 2.88. The Bertz CT molecular complexity index is 1270. The van der Waals surface area contributed by atoms with Crippen molar-refractivity contribution in [2.75, 3.05) is 4.72 Å². The van der Waals surface area contributed by atoms with E-state index in [0.717, 1.165) is 53.2 Å². The van der Waals surface area contributed by atoms with Crippen LogP contribution in [0.5, 0.6) is 0 Å². The Balaban J connectivity index is 1.52. The minimum absolute atomic E-state index is 0.260. The lowest BCUT2D eigenvalue weighted by atomic mass is 9.96. The number of anilines is 1. The summed E-state index contributed by atoms with van der Waals surface area (Å²) in [5.74, 6) is 1.05. The number of hydrogen-bond donors (Lipinski definition) is 1. The molecule has 1 aromatic heterocycles. The van der Waals surface area contributed by atoms with Gasteiger partial charge in [0.15, 0.2) is 0 Å². The largest absolute Gasteiger partial charge is 0.461 e. The lowest BCUT2D eigenvalue weighted by Gasteiger charge is -2.10. The van der Waals surface area contributed by atoms with E-state index in [1.807, 2.05) is 42.5 Å². The first-order valence-electron chi connectivity index (χ1n) is 9.16. The van der Waals surface area contributed by atoms with Gasteiger partial charge < -0.3 is 4.42 Å². The number of benzene rings is 3. The maximum Gasteiger partial charge on any atom is 0.261 e. The first-order chi connectivity index (χ1) is 13.1. The fourth-order valence-corrected chi connectivity index (χ4v) is 4.96. The van der Waals surface area contributed by atoms with Crippen LogP contribution in [0.3, 0.4) is 0 Å². The van der Waals surface area contributed by atoms with Crippen molar-refractivity contribution in [3.05, 3.63) is 72.0 Å². The zero-order valence-electron chi connectivity index (χ0n) is 14.7. The predicted octanol–water partition coefficient (Wildman–Crippen LogP) is 5.27. The fourth-order valence-electron chi connectivity index (χ4n) is 3.87. The summed E-state index contributed by atoms with van der Waals surface area (Å²) < 4.78 is 34.4. The number of sulfonamides is 1. The second-order valence-electron chi connectivity index (χ2n) is 7.04. The summed E-state index contributed by atoms with van der Waals surface area (Å²) in [5.41, 5.74) is 2.61. The van der Waals surface area contributed by atoms with E-state index >= 15 is 0 Å². The molecule has 0 amide bonds. The fraction of sp³-hybridized carbons (Fsp3) is 0.182. The molecular weight excluding hydrogens is 358 g/mol. The summed E-state index contributed by atoms with van der Waals surface area (Å²) in [7, 11) is -3.66. The normalized spacial score (nSPS) is 14.4. The predicted molar refractivity (Wildman–Crippen MR) is 108 cm³/mol. The third-order valence-electron chi connectivity index (χ3n) is 5.24. The van der Waals surface area contributed by atoms with Gasteiger partial charge in [0.2, 0.25) is 0 Å². The number of hydrogen-bond acceptors (Lipinski definition) is 3. The molecule has 0 spiro atoms. The molecule has 0 aliphatic heterocycles. The van der Waals surface area contributed by atoms with Gasteiger partial charge >= 0.3 is 0 Å². The van der Waals surface area contributed by atoms with Crippen LogP contribution in [0.15, 0.2) is 70.0 Å². The molecule has 0 saturated carbocycles. The van der Waals surface area contributed by atoms with E-state index in [4.69, 9.17) is 4.42 Å². The summed E-state index contributed by atoms with van der Waals surface area (Å²) in [6, 6.07) is 18.4. The molecule has 1 heterocycles. The number of fused-ring (bicyclic) bond motifs is 4. The van der Waals surface area contributed by atoms with Crippen LogP contribution in [0.2, 0.25) is 0 Å². The van der Waals surface area contributed by atoms with Crippen molar-refractivity contribution >= 4 is 37.5 Å². The van der Waals surface area contributed by atoms with Crippen molar-refractivity contribution in [1.82, 2.24) is 0 Å². The van der Waals surface area contributed by atoms with Crippen LogP contribution in [0, 0.1) is 0 Å². The zero-order chi connectivity index (χ0) is 18.4. The molecule has 0 radical (unpaired) electrons. The number of rotatable bonds is 3. The highest BCUT2D eigenvalue weighted by Gasteiger charge is 2.19. The van der Waals surface area contributed by atoms with Gasteiger partial charge in [0.05, 0.1) is 4.90 Å². The summed E-state index contributed by atoms with van der Waals surface area (Å²) in [6.45, 7) is 0. The Kier molecular flexibility index (Phi) is 3.72. The van der Waals surface area contributed by atoms with Gasteiger partial charge in [0.1, 0.15) is 11.3 Å². The molecule has 0 unspecified atom stereocenters. The standard InChI is InChI=1S/C22H19NO3S/c24-27(25,18-11-9-15-5-1-2-6-16(15)13-18)23-17-10-12-22-20(14-17)19-7-3-4-8-21(19)26-22/h1-2,5-6,9-14,23H,3-4,7-8H2. The number of nitrogens with one attached hydrogen (secondary N) is 1. The molecule has 1 aliphatic rings. The van der Waals surface area contributed by atoms with Crippen molar-refractivity contribution in [1.29, 1.82) is 0 Å². The lowest BCUT2D eigenvalue weighted by molar-refractivity contribution is 0.506. The smallest absolute Gasteiger partial charge is 0.261 e. The van der Waals surface area contributed by atoms with Crippen molar-refractivity contribution in [2.24, 2.45) is 0 Å². The second kappa shape index (κ2) is 6.13. The average Bonchev–Trinajstić information content (AvgIpc) is 3.05. The van der Waals surface area contributed by atoms with E-state index in [1.165, 1.54) is 5.56 Å². The summed E-state index contributed by atoms with van der Waals surface area (Å²) in [6.07, 6.45) is 4.24. The van der Waals surface area contributed by atoms with Gasteiger partial charge in [-0.3, -0.25) is 4.72 Å². The van der Waals surface area contributed by atoms with Crippen LogP contribution in [-0.4, -0.2) is 8.42 Å². The third-order valence-corrected chi connectivity index (χ3v) is 6.62. The molecule has 0 atom stereocenters. The Labute approximate surface area is 157 Å². The van der Waals surface area contributed by atoms with Gasteiger partial charge in [0.25, 0.3) is 10.0 Å². The summed E-state index contributed by atoms with van der Waals surface area (Å²) >= 11 is 0. The van der Waals surface area contributed by atoms with Gasteiger partial charge in [-0.05, 0) is 60.4 Å². The Morgan fingerprint density at radius 1 is 0.852 bits per heavy atom. The first kappa shape index (κ1) is 16.4. The van der Waals surface area contributed by atoms with Crippen LogP contribution in [-0.2, 0) is 22.9 Å². The SMILES string of the molecule is O=S(=O)(Nc1ccc2oc3c(c2c1)CCCC3)c1ccc2ccccc2c1. The van der Waals surface area contributed by atoms with Gasteiger partial charge in [0, 0.05) is 23.1 Å². The second-order valence-corrected chi connectivity index (χ2v) is 8.72. The highest BCUT2D eigenvalue weighted by Crippen LogP contribution is 2.34. The monoisotopic (exact) mass is 377 g/mol. The van der Waals surface area contributed by atoms with Crippen LogP contribution in [0.4, 0.5) is 5.69 Å². The van der Waals surface area contributed by atoms with E-state index in [-0.39, 0.29) is 4.90 Å². The molecule has 1 aliphatic carbocycles. The van der Waals surface area contributed by atoms with Crippen molar-refractivity contribution in [3.63, 3.8) is 0 Å². The molecule has 0 bridgehead atoms. The number of aryl methyl sites for hydroxylation is 2. The van der Waals surface area contributed by atoms with Crippen molar-refractivity contribution < 1.29 is 12.8 Å². The van der Waals surface area contributed by atoms with E-state index in [1.54, 1.807) is 18.2 Å². The minimum Gasteiger partial charge on any atom is -0.461 e. The topological polar surface area (TPSA) is 59.3 Å². The zero-order valence-corrected chi connectivity index (χ0v) is 15.6. The Hall–Kier alpha value is -2.79. The van der Waals surface area contributed by atoms with Crippen molar-refractivity contribution in [3.8, 4) is 0 Å². The molecule has 1 N–H and O–H groups in total. The lowest BCUT2D eigenvalue weighted by Crippen LogP contribution is -2.12. The molecule has 4 aromatic rings. The maximum atomic E-state index is 12.9. The highest BCUT2D eigenvalue weighted by atomic mass is 32.2. The average molecular weight is 377 g/mol. The van der Waals surface area contributed by atoms with Crippen LogP contribution in [0.1, 0.15) is 24.2 Å². The molecule has 3 aromatic carbocycles. The Morgan fingerprint density at radius 3 is 2.56 bits per heavy atom. The molecule has 0 saturated heterocycles. The maximum absolute atomic E-state index is 12.9. The van der Waals surface area contributed by atoms with Gasteiger partial charge in [-0.1, -0.05) is 30.3 Å². The van der Waals surface area contributed by atoms with Gasteiger partial charge in [-0.2, -0.15) is 0 Å². The highest BCUT2D eigenvalue weighted by molar-refractivity contribution is 7.92. The van der Waals surface area contributed by atoms with Crippen LogP contribution >= 0.6 is 0 Å². The van der Waals surface area contributed by atoms with E-state index < -0.39 is 10.0 Å². The van der Waals surface area contributed by atoms with Crippen LogP contribution < -0.4 is 4.72 Å². The van der Waals surface area contributed by atoms with Crippen LogP contribution in [0.25, 0.3) is 21.7 Å². The quantitative estimate of drug-likeness (QED) is 0.529. The molecule has 27 heavy (non-hydrogen) atoms. The van der Waals surface area contributed by atoms with Crippen molar-refractivity contribution in [2.45, 2.75) is 30.6 Å². The minimum atomic E-state index is -3.66. The van der Waals surface area contributed by atoms with E-state index in [9.17, 15) is 8.42 Å². The molecular formula is C22H19NO3S. The summed E-state index contributed by atoms with van der Waals surface area (Å²) in [4.78, 5) is 0.260. The van der Waals surface area contributed by atoms with E-state index in [2.05, 4.69) is 4.72 Å². The molecule has 136 valence electrons. The van der Waals surface area contributed by atoms with Gasteiger partial charge in [-0.15, -0.1) is 0 Å². The molecule has 5 heteroatoms. The van der Waals surface area contributed by atoms with E-state index in [0.29, 0.717) is 5.69 Å². The first-order valence-corrected chi connectivity index (χ1v) is 10.6. The Morgan fingerprint density at radius 2 is 1.67 bits per heavy atom. The molecule has 4 nitrogen and oxygen atoms in total.